The lowest BCUT2D eigenvalue weighted by Gasteiger charge is -2.22. The number of nitro benzene ring substituents is 1. The summed E-state index contributed by atoms with van der Waals surface area (Å²) in [7, 11) is 0. The summed E-state index contributed by atoms with van der Waals surface area (Å²) < 4.78 is 10.7. The van der Waals surface area contributed by atoms with E-state index in [1.54, 1.807) is 25.1 Å². The fraction of sp³-hybridized carbons (Fsp3) is 0.538. The Kier molecular flexibility index (Phi) is 5.11. The molecule has 0 aliphatic carbocycles. The van der Waals surface area contributed by atoms with Crippen LogP contribution in [0.2, 0.25) is 0 Å². The number of rotatable bonds is 7. The molecule has 106 valence electrons. The monoisotopic (exact) mass is 268 g/mol. The molecule has 19 heavy (non-hydrogen) atoms. The van der Waals surface area contributed by atoms with Crippen LogP contribution < -0.4 is 15.2 Å². The normalized spacial score (nSPS) is 13.7. The van der Waals surface area contributed by atoms with E-state index in [1.807, 2.05) is 13.8 Å². The second kappa shape index (κ2) is 6.38. The summed E-state index contributed by atoms with van der Waals surface area (Å²) in [5, 5.41) is 11.1. The third kappa shape index (κ3) is 4.10. The van der Waals surface area contributed by atoms with Gasteiger partial charge in [-0.05, 0) is 32.4 Å². The van der Waals surface area contributed by atoms with Crippen molar-refractivity contribution in [1.29, 1.82) is 0 Å². The van der Waals surface area contributed by atoms with Crippen LogP contribution in [-0.4, -0.2) is 23.7 Å². The van der Waals surface area contributed by atoms with Crippen LogP contribution >= 0.6 is 0 Å². The second-order valence-corrected chi connectivity index (χ2v) is 4.59. The van der Waals surface area contributed by atoms with E-state index in [1.165, 1.54) is 0 Å². The van der Waals surface area contributed by atoms with E-state index in [4.69, 9.17) is 15.2 Å². The first-order chi connectivity index (χ1) is 8.91. The van der Waals surface area contributed by atoms with Crippen molar-refractivity contribution < 1.29 is 14.4 Å². The van der Waals surface area contributed by atoms with Gasteiger partial charge in [0.25, 0.3) is 0 Å². The molecule has 2 N–H and O–H groups in total. The van der Waals surface area contributed by atoms with Gasteiger partial charge in [-0.3, -0.25) is 10.1 Å². The summed E-state index contributed by atoms with van der Waals surface area (Å²) in [5.74, 6) is 0.390. The minimum atomic E-state index is -0.518. The molecule has 0 aromatic heterocycles. The minimum Gasteiger partial charge on any atom is -0.487 e. The van der Waals surface area contributed by atoms with Crippen molar-refractivity contribution in [2.24, 2.45) is 5.73 Å². The van der Waals surface area contributed by atoms with Crippen LogP contribution in [0.1, 0.15) is 27.2 Å². The summed E-state index contributed by atoms with van der Waals surface area (Å²) in [5.41, 5.74) is 5.29. The highest BCUT2D eigenvalue weighted by atomic mass is 16.6. The first kappa shape index (κ1) is 15.2. The highest BCUT2D eigenvalue weighted by Gasteiger charge is 2.24. The standard InChI is InChI=1S/C13H20N2O4/c1-4-13(3,14)9-19-11-8-6-7-10(18-5-2)12(11)15(16)17/h6-8H,4-5,9,14H2,1-3H3. The van der Waals surface area contributed by atoms with Crippen molar-refractivity contribution >= 4 is 5.69 Å². The van der Waals surface area contributed by atoms with Gasteiger partial charge >= 0.3 is 5.69 Å². The topological polar surface area (TPSA) is 87.6 Å². The van der Waals surface area contributed by atoms with Gasteiger partial charge in [0.15, 0.2) is 0 Å². The third-order valence-corrected chi connectivity index (χ3v) is 2.81. The molecule has 0 bridgehead atoms. The van der Waals surface area contributed by atoms with E-state index < -0.39 is 10.5 Å². The SMILES string of the molecule is CCOc1cccc(OCC(C)(N)CC)c1[N+](=O)[O-]. The van der Waals surface area contributed by atoms with Gasteiger partial charge in [-0.15, -0.1) is 0 Å². The number of para-hydroxylation sites is 1. The first-order valence-corrected chi connectivity index (χ1v) is 6.23. The van der Waals surface area contributed by atoms with E-state index in [9.17, 15) is 10.1 Å². The maximum Gasteiger partial charge on any atom is 0.352 e. The molecule has 0 aliphatic rings. The molecule has 0 aliphatic heterocycles. The smallest absolute Gasteiger partial charge is 0.352 e. The van der Waals surface area contributed by atoms with Gasteiger partial charge in [0, 0.05) is 5.54 Å². The van der Waals surface area contributed by atoms with E-state index in [-0.39, 0.29) is 23.8 Å². The number of nitrogens with two attached hydrogens (primary N) is 1. The van der Waals surface area contributed by atoms with Crippen molar-refractivity contribution in [2.75, 3.05) is 13.2 Å². The van der Waals surface area contributed by atoms with Gasteiger partial charge in [0.05, 0.1) is 11.5 Å². The largest absolute Gasteiger partial charge is 0.487 e. The first-order valence-electron chi connectivity index (χ1n) is 6.23. The molecular formula is C13H20N2O4. The predicted octanol–water partition coefficient (Wildman–Crippen LogP) is 2.50. The number of nitro groups is 1. The number of ether oxygens (including phenoxy) is 2. The molecule has 1 aromatic carbocycles. The molecule has 6 nitrogen and oxygen atoms in total. The summed E-state index contributed by atoms with van der Waals surface area (Å²) in [6.07, 6.45) is 0.714. The average molecular weight is 268 g/mol. The minimum absolute atomic E-state index is 0.156. The molecule has 0 amide bonds. The molecule has 0 saturated carbocycles. The third-order valence-electron chi connectivity index (χ3n) is 2.81. The molecule has 0 saturated heterocycles. The van der Waals surface area contributed by atoms with Crippen LogP contribution in [0.5, 0.6) is 11.5 Å². The lowest BCUT2D eigenvalue weighted by Crippen LogP contribution is -2.41. The Morgan fingerprint density at radius 1 is 1.32 bits per heavy atom. The van der Waals surface area contributed by atoms with Crippen molar-refractivity contribution in [3.8, 4) is 11.5 Å². The van der Waals surface area contributed by atoms with Gasteiger partial charge in [0.2, 0.25) is 11.5 Å². The zero-order valence-corrected chi connectivity index (χ0v) is 11.5. The zero-order chi connectivity index (χ0) is 14.5. The Morgan fingerprint density at radius 2 is 1.89 bits per heavy atom. The summed E-state index contributed by atoms with van der Waals surface area (Å²) >= 11 is 0. The Bertz CT molecular complexity index is 446. The molecule has 0 radical (unpaired) electrons. The maximum absolute atomic E-state index is 11.1. The lowest BCUT2D eigenvalue weighted by molar-refractivity contribution is -0.386. The van der Waals surface area contributed by atoms with Gasteiger partial charge in [-0.25, -0.2) is 0 Å². The molecule has 0 fully saturated rings. The predicted molar refractivity (Wildman–Crippen MR) is 72.6 cm³/mol. The van der Waals surface area contributed by atoms with Gasteiger partial charge in [-0.2, -0.15) is 0 Å². The molecule has 1 aromatic rings. The Balaban J connectivity index is 3.00. The number of nitrogens with zero attached hydrogens (tertiary/aromatic N) is 1. The summed E-state index contributed by atoms with van der Waals surface area (Å²) in [6, 6.07) is 4.76. The van der Waals surface area contributed by atoms with Gasteiger partial charge in [-0.1, -0.05) is 13.0 Å². The van der Waals surface area contributed by atoms with Crippen LogP contribution in [0.25, 0.3) is 0 Å². The fourth-order valence-electron chi connectivity index (χ4n) is 1.42. The van der Waals surface area contributed by atoms with Crippen molar-refractivity contribution in [3.05, 3.63) is 28.3 Å². The van der Waals surface area contributed by atoms with E-state index in [0.717, 1.165) is 0 Å². The van der Waals surface area contributed by atoms with Gasteiger partial charge < -0.3 is 15.2 Å². The van der Waals surface area contributed by atoms with Crippen LogP contribution in [-0.2, 0) is 0 Å². The number of hydrogen-bond donors (Lipinski definition) is 1. The Labute approximate surface area is 112 Å². The quantitative estimate of drug-likeness (QED) is 0.606. The van der Waals surface area contributed by atoms with Crippen LogP contribution in [0.4, 0.5) is 5.69 Å². The highest BCUT2D eigenvalue weighted by molar-refractivity contribution is 5.57. The highest BCUT2D eigenvalue weighted by Crippen LogP contribution is 2.36. The van der Waals surface area contributed by atoms with Crippen molar-refractivity contribution in [1.82, 2.24) is 0 Å². The van der Waals surface area contributed by atoms with Crippen LogP contribution in [0, 0.1) is 10.1 Å². The molecule has 1 atom stereocenters. The number of benzene rings is 1. The fourth-order valence-corrected chi connectivity index (χ4v) is 1.42. The van der Waals surface area contributed by atoms with Crippen LogP contribution in [0.15, 0.2) is 18.2 Å². The Morgan fingerprint density at radius 3 is 2.37 bits per heavy atom. The Hall–Kier alpha value is -1.82. The van der Waals surface area contributed by atoms with Gasteiger partial charge in [0.1, 0.15) is 6.61 Å². The number of hydrogen-bond acceptors (Lipinski definition) is 5. The van der Waals surface area contributed by atoms with Crippen molar-refractivity contribution in [2.45, 2.75) is 32.7 Å². The molecule has 1 unspecified atom stereocenters. The summed E-state index contributed by atoms with van der Waals surface area (Å²) in [4.78, 5) is 10.6. The van der Waals surface area contributed by atoms with E-state index in [0.29, 0.717) is 13.0 Å². The molecule has 0 heterocycles. The lowest BCUT2D eigenvalue weighted by atomic mass is 10.0. The average Bonchev–Trinajstić information content (AvgIpc) is 2.36. The molecule has 0 spiro atoms. The van der Waals surface area contributed by atoms with Crippen LogP contribution in [0.3, 0.4) is 0 Å². The molecular weight excluding hydrogens is 248 g/mol. The molecule has 1 rings (SSSR count). The zero-order valence-electron chi connectivity index (χ0n) is 11.5. The summed E-state index contributed by atoms with van der Waals surface area (Å²) in [6.45, 7) is 6.11. The van der Waals surface area contributed by atoms with Crippen molar-refractivity contribution in [3.63, 3.8) is 0 Å². The van der Waals surface area contributed by atoms with E-state index in [2.05, 4.69) is 0 Å². The van der Waals surface area contributed by atoms with E-state index >= 15 is 0 Å². The second-order valence-electron chi connectivity index (χ2n) is 4.59. The molecule has 6 heteroatoms. The maximum atomic E-state index is 11.1.